The summed E-state index contributed by atoms with van der Waals surface area (Å²) in [6.07, 6.45) is 6.78. The summed E-state index contributed by atoms with van der Waals surface area (Å²) < 4.78 is 7.75. The van der Waals surface area contributed by atoms with E-state index in [1.54, 1.807) is 0 Å². The second-order valence-corrected chi connectivity index (χ2v) is 4.88. The highest BCUT2D eigenvalue weighted by atomic mass is 16.5. The van der Waals surface area contributed by atoms with Crippen LogP contribution in [0.4, 0.5) is 0 Å². The van der Waals surface area contributed by atoms with Gasteiger partial charge in [0.15, 0.2) is 0 Å². The van der Waals surface area contributed by atoms with Gasteiger partial charge in [0.05, 0.1) is 18.3 Å². The number of imidazole rings is 1. The third-order valence-corrected chi connectivity index (χ3v) is 3.65. The molecule has 3 rings (SSSR count). The van der Waals surface area contributed by atoms with Crippen LogP contribution in [0.3, 0.4) is 0 Å². The van der Waals surface area contributed by atoms with E-state index in [-0.39, 0.29) is 6.04 Å². The number of hydrogen-bond donors (Lipinski definition) is 1. The molecule has 2 aliphatic heterocycles. The van der Waals surface area contributed by atoms with Crippen molar-refractivity contribution in [3.8, 4) is 0 Å². The van der Waals surface area contributed by atoms with E-state index < -0.39 is 0 Å². The summed E-state index contributed by atoms with van der Waals surface area (Å²) in [6.45, 7) is 2.80. The first kappa shape index (κ1) is 10.3. The topological polar surface area (TPSA) is 53.1 Å². The van der Waals surface area contributed by atoms with Crippen LogP contribution in [-0.4, -0.2) is 22.8 Å². The van der Waals surface area contributed by atoms with Crippen molar-refractivity contribution in [2.24, 2.45) is 5.73 Å². The van der Waals surface area contributed by atoms with Crippen LogP contribution < -0.4 is 5.73 Å². The number of aromatic nitrogens is 2. The first-order chi connectivity index (χ1) is 7.84. The fourth-order valence-electron chi connectivity index (χ4n) is 2.71. The highest BCUT2D eigenvalue weighted by molar-refractivity contribution is 5.14. The molecule has 0 aliphatic carbocycles. The molecule has 88 valence electrons. The molecule has 16 heavy (non-hydrogen) atoms. The second kappa shape index (κ2) is 4.18. The van der Waals surface area contributed by atoms with Crippen molar-refractivity contribution in [2.75, 3.05) is 13.2 Å². The Morgan fingerprint density at radius 3 is 3.06 bits per heavy atom. The fraction of sp³-hybridized carbons (Fsp3) is 0.750. The van der Waals surface area contributed by atoms with Crippen LogP contribution in [0.25, 0.3) is 0 Å². The number of nitrogens with zero attached hydrogens (tertiary/aromatic N) is 2. The molecule has 1 aromatic rings. The van der Waals surface area contributed by atoms with Crippen molar-refractivity contribution in [3.63, 3.8) is 0 Å². The van der Waals surface area contributed by atoms with Gasteiger partial charge in [-0.1, -0.05) is 0 Å². The Morgan fingerprint density at radius 2 is 2.31 bits per heavy atom. The Balaban J connectivity index is 1.85. The fourth-order valence-corrected chi connectivity index (χ4v) is 2.71. The maximum absolute atomic E-state index is 6.07. The minimum Gasteiger partial charge on any atom is -0.381 e. The zero-order valence-electron chi connectivity index (χ0n) is 9.56. The van der Waals surface area contributed by atoms with Gasteiger partial charge in [-0.3, -0.25) is 0 Å². The zero-order chi connectivity index (χ0) is 11.0. The first-order valence-corrected chi connectivity index (χ1v) is 6.25. The SMILES string of the molecule is NC1CCCn2cc(C3CCCOC3)nc21. The minimum atomic E-state index is 0.131. The molecule has 0 aromatic carbocycles. The molecule has 0 amide bonds. The lowest BCUT2D eigenvalue weighted by atomic mass is 9.99. The Bertz CT molecular complexity index is 368. The number of hydrogen-bond acceptors (Lipinski definition) is 3. The molecule has 2 aliphatic rings. The van der Waals surface area contributed by atoms with Crippen molar-refractivity contribution in [1.82, 2.24) is 9.55 Å². The van der Waals surface area contributed by atoms with E-state index in [0.29, 0.717) is 5.92 Å². The van der Waals surface area contributed by atoms with Gasteiger partial charge in [0.25, 0.3) is 0 Å². The van der Waals surface area contributed by atoms with Gasteiger partial charge < -0.3 is 15.0 Å². The van der Waals surface area contributed by atoms with E-state index in [9.17, 15) is 0 Å². The minimum absolute atomic E-state index is 0.131. The Labute approximate surface area is 95.8 Å². The molecule has 1 aromatic heterocycles. The van der Waals surface area contributed by atoms with Gasteiger partial charge in [-0.25, -0.2) is 4.98 Å². The van der Waals surface area contributed by atoms with Crippen molar-refractivity contribution < 1.29 is 4.74 Å². The van der Waals surface area contributed by atoms with Crippen LogP contribution in [0.2, 0.25) is 0 Å². The first-order valence-electron chi connectivity index (χ1n) is 6.25. The molecular formula is C12H19N3O. The van der Waals surface area contributed by atoms with E-state index in [0.717, 1.165) is 38.4 Å². The van der Waals surface area contributed by atoms with Gasteiger partial charge in [-0.2, -0.15) is 0 Å². The second-order valence-electron chi connectivity index (χ2n) is 4.88. The molecule has 2 unspecified atom stereocenters. The van der Waals surface area contributed by atoms with Gasteiger partial charge >= 0.3 is 0 Å². The predicted molar refractivity (Wildman–Crippen MR) is 61.2 cm³/mol. The average Bonchev–Trinajstić information content (AvgIpc) is 2.76. The molecule has 0 saturated carbocycles. The molecule has 2 atom stereocenters. The lowest BCUT2D eigenvalue weighted by molar-refractivity contribution is 0.0793. The van der Waals surface area contributed by atoms with Crippen LogP contribution in [0.15, 0.2) is 6.20 Å². The summed E-state index contributed by atoms with van der Waals surface area (Å²) in [6, 6.07) is 0.131. The van der Waals surface area contributed by atoms with E-state index in [4.69, 9.17) is 15.5 Å². The molecule has 0 bridgehead atoms. The standard InChI is InChI=1S/C12H19N3O/c13-10-4-1-5-15-7-11(14-12(10)15)9-3-2-6-16-8-9/h7,9-10H,1-6,8,13H2. The lowest BCUT2D eigenvalue weighted by Gasteiger charge is -2.20. The zero-order valence-corrected chi connectivity index (χ0v) is 9.56. The number of rotatable bonds is 1. The molecular weight excluding hydrogens is 202 g/mol. The maximum Gasteiger partial charge on any atom is 0.125 e. The molecule has 4 heteroatoms. The number of ether oxygens (including phenoxy) is 1. The normalized spacial score (nSPS) is 30.1. The summed E-state index contributed by atoms with van der Waals surface area (Å²) in [5.41, 5.74) is 7.26. The van der Waals surface area contributed by atoms with Gasteiger partial charge in [0.2, 0.25) is 0 Å². The molecule has 0 spiro atoms. The summed E-state index contributed by atoms with van der Waals surface area (Å²) in [5, 5.41) is 0. The van der Waals surface area contributed by atoms with Crippen LogP contribution in [-0.2, 0) is 11.3 Å². The molecule has 1 fully saturated rings. The van der Waals surface area contributed by atoms with Crippen LogP contribution in [0.5, 0.6) is 0 Å². The molecule has 4 nitrogen and oxygen atoms in total. The van der Waals surface area contributed by atoms with E-state index >= 15 is 0 Å². The monoisotopic (exact) mass is 221 g/mol. The predicted octanol–water partition coefficient (Wildman–Crippen LogP) is 1.57. The summed E-state index contributed by atoms with van der Waals surface area (Å²) >= 11 is 0. The summed E-state index contributed by atoms with van der Waals surface area (Å²) in [5.74, 6) is 1.56. The smallest absolute Gasteiger partial charge is 0.125 e. The van der Waals surface area contributed by atoms with Crippen molar-refractivity contribution in [1.29, 1.82) is 0 Å². The van der Waals surface area contributed by atoms with E-state index in [1.165, 1.54) is 18.5 Å². The number of nitrogens with two attached hydrogens (primary N) is 1. The van der Waals surface area contributed by atoms with Gasteiger partial charge in [-0.15, -0.1) is 0 Å². The molecule has 0 radical (unpaired) electrons. The van der Waals surface area contributed by atoms with Crippen LogP contribution in [0, 0.1) is 0 Å². The maximum atomic E-state index is 6.07. The Kier molecular flexibility index (Phi) is 2.69. The molecule has 1 saturated heterocycles. The van der Waals surface area contributed by atoms with Crippen molar-refractivity contribution >= 4 is 0 Å². The third kappa shape index (κ3) is 1.76. The number of fused-ring (bicyclic) bond motifs is 1. The molecule has 2 N–H and O–H groups in total. The van der Waals surface area contributed by atoms with Crippen LogP contribution >= 0.6 is 0 Å². The Morgan fingerprint density at radius 1 is 1.38 bits per heavy atom. The van der Waals surface area contributed by atoms with Gasteiger partial charge in [0.1, 0.15) is 5.82 Å². The quantitative estimate of drug-likeness (QED) is 0.783. The summed E-state index contributed by atoms with van der Waals surface area (Å²) in [4.78, 5) is 4.71. The summed E-state index contributed by atoms with van der Waals surface area (Å²) in [7, 11) is 0. The number of aryl methyl sites for hydroxylation is 1. The molecule has 3 heterocycles. The highest BCUT2D eigenvalue weighted by Gasteiger charge is 2.24. The van der Waals surface area contributed by atoms with E-state index in [1.807, 2.05) is 0 Å². The lowest BCUT2D eigenvalue weighted by Crippen LogP contribution is -2.21. The van der Waals surface area contributed by atoms with Crippen molar-refractivity contribution in [2.45, 2.75) is 44.2 Å². The average molecular weight is 221 g/mol. The third-order valence-electron chi connectivity index (χ3n) is 3.65. The van der Waals surface area contributed by atoms with Gasteiger partial charge in [0, 0.05) is 25.3 Å². The van der Waals surface area contributed by atoms with E-state index in [2.05, 4.69) is 10.8 Å². The highest BCUT2D eigenvalue weighted by Crippen LogP contribution is 2.28. The van der Waals surface area contributed by atoms with Crippen LogP contribution in [0.1, 0.15) is 49.2 Å². The Hall–Kier alpha value is -0.870. The van der Waals surface area contributed by atoms with Gasteiger partial charge in [-0.05, 0) is 25.7 Å². The largest absolute Gasteiger partial charge is 0.381 e. The van der Waals surface area contributed by atoms with Crippen molar-refractivity contribution in [3.05, 3.63) is 17.7 Å².